The summed E-state index contributed by atoms with van der Waals surface area (Å²) in [5, 5.41) is 0. The van der Waals surface area contributed by atoms with Crippen LogP contribution in [-0.2, 0) is 0 Å². The molecule has 4 nitrogen and oxygen atoms in total. The molecule has 0 atom stereocenters. The summed E-state index contributed by atoms with van der Waals surface area (Å²) in [5.41, 5.74) is 4.40. The molecule has 1 aromatic carbocycles. The summed E-state index contributed by atoms with van der Waals surface area (Å²) in [6.45, 7) is 0.796. The van der Waals surface area contributed by atoms with Gasteiger partial charge < -0.3 is 9.80 Å². The van der Waals surface area contributed by atoms with E-state index in [4.69, 9.17) is 0 Å². The fourth-order valence-corrected chi connectivity index (χ4v) is 2.46. The average Bonchev–Trinajstić information content (AvgIpc) is 2.93. The van der Waals surface area contributed by atoms with Gasteiger partial charge in [0.15, 0.2) is 0 Å². The molecule has 1 aromatic heterocycles. The van der Waals surface area contributed by atoms with E-state index < -0.39 is 0 Å². The molecule has 0 bridgehead atoms. The van der Waals surface area contributed by atoms with Crippen molar-refractivity contribution in [3.8, 4) is 0 Å². The van der Waals surface area contributed by atoms with E-state index in [1.165, 1.54) is 11.4 Å². The summed E-state index contributed by atoms with van der Waals surface area (Å²) in [6, 6.07) is 10.4. The van der Waals surface area contributed by atoms with Crippen molar-refractivity contribution in [1.82, 2.24) is 9.97 Å². The lowest BCUT2D eigenvalue weighted by molar-refractivity contribution is 0.940. The van der Waals surface area contributed by atoms with Crippen LogP contribution in [0.4, 0.5) is 11.4 Å². The van der Waals surface area contributed by atoms with E-state index >= 15 is 0 Å². The van der Waals surface area contributed by atoms with Gasteiger partial charge in [-0.05, 0) is 24.3 Å². The standard InChI is InChI=1S/C15H12N4/c1-2-4-12(5-3-1)18-9-13-6-7-14-15(19(13)11-18)8-16-10-17-14/h1-10H,11H2. The molecule has 0 saturated heterocycles. The molecular weight excluding hydrogens is 236 g/mol. The zero-order valence-electron chi connectivity index (χ0n) is 10.3. The molecule has 0 radical (unpaired) electrons. The minimum Gasteiger partial charge on any atom is -0.327 e. The van der Waals surface area contributed by atoms with Crippen molar-refractivity contribution in [2.75, 3.05) is 16.5 Å². The maximum absolute atomic E-state index is 4.29. The van der Waals surface area contributed by atoms with Gasteiger partial charge in [-0.15, -0.1) is 0 Å². The Morgan fingerprint density at radius 3 is 2.84 bits per heavy atom. The monoisotopic (exact) mass is 248 g/mol. The van der Waals surface area contributed by atoms with Crippen molar-refractivity contribution in [2.45, 2.75) is 0 Å². The summed E-state index contributed by atoms with van der Waals surface area (Å²) >= 11 is 0. The van der Waals surface area contributed by atoms with Crippen LogP contribution in [0.3, 0.4) is 0 Å². The quantitative estimate of drug-likeness (QED) is 0.776. The highest BCUT2D eigenvalue weighted by Gasteiger charge is 2.26. The predicted molar refractivity (Wildman–Crippen MR) is 75.4 cm³/mol. The minimum absolute atomic E-state index is 0.796. The van der Waals surface area contributed by atoms with Crippen LogP contribution >= 0.6 is 0 Å². The minimum atomic E-state index is 0.796. The summed E-state index contributed by atoms with van der Waals surface area (Å²) in [5.74, 6) is 0. The van der Waals surface area contributed by atoms with E-state index in [0.29, 0.717) is 0 Å². The van der Waals surface area contributed by atoms with Gasteiger partial charge in [-0.25, -0.2) is 9.97 Å². The summed E-state index contributed by atoms with van der Waals surface area (Å²) in [4.78, 5) is 12.9. The average molecular weight is 248 g/mol. The number of hydrogen-bond acceptors (Lipinski definition) is 4. The Morgan fingerprint density at radius 2 is 1.95 bits per heavy atom. The fourth-order valence-electron chi connectivity index (χ4n) is 2.46. The zero-order valence-corrected chi connectivity index (χ0v) is 10.3. The second kappa shape index (κ2) is 3.95. The highest BCUT2D eigenvalue weighted by atomic mass is 15.4. The molecule has 2 aliphatic rings. The molecule has 4 rings (SSSR count). The van der Waals surface area contributed by atoms with Crippen LogP contribution in [0, 0.1) is 0 Å². The third-order valence-corrected chi connectivity index (χ3v) is 3.41. The number of nitrogens with zero attached hydrogens (tertiary/aromatic N) is 4. The number of fused-ring (bicyclic) bond motifs is 3. The van der Waals surface area contributed by atoms with Crippen LogP contribution in [0.2, 0.25) is 0 Å². The molecular formula is C15H12N4. The zero-order chi connectivity index (χ0) is 12.7. The van der Waals surface area contributed by atoms with E-state index in [1.54, 1.807) is 6.33 Å². The number of anilines is 2. The first kappa shape index (κ1) is 10.3. The molecule has 19 heavy (non-hydrogen) atoms. The molecule has 92 valence electrons. The first-order valence-electron chi connectivity index (χ1n) is 6.21. The van der Waals surface area contributed by atoms with Crippen molar-refractivity contribution < 1.29 is 0 Å². The Bertz CT molecular complexity index is 676. The van der Waals surface area contributed by atoms with Crippen LogP contribution < -0.4 is 9.80 Å². The normalized spacial score (nSPS) is 16.1. The van der Waals surface area contributed by atoms with Gasteiger partial charge in [-0.2, -0.15) is 0 Å². The lowest BCUT2D eigenvalue weighted by Crippen LogP contribution is -2.28. The van der Waals surface area contributed by atoms with Crippen LogP contribution in [0.5, 0.6) is 0 Å². The van der Waals surface area contributed by atoms with Gasteiger partial charge in [-0.3, -0.25) is 0 Å². The van der Waals surface area contributed by atoms with Gasteiger partial charge in [0, 0.05) is 11.9 Å². The Hall–Kier alpha value is -2.62. The smallest absolute Gasteiger partial charge is 0.116 e. The van der Waals surface area contributed by atoms with Crippen LogP contribution in [0.1, 0.15) is 5.69 Å². The number of benzene rings is 1. The second-order valence-corrected chi connectivity index (χ2v) is 4.56. The molecule has 0 spiro atoms. The molecule has 0 amide bonds. The molecule has 4 heteroatoms. The van der Waals surface area contributed by atoms with E-state index in [1.807, 2.05) is 18.3 Å². The van der Waals surface area contributed by atoms with Crippen molar-refractivity contribution in [2.24, 2.45) is 0 Å². The number of hydrogen-bond donors (Lipinski definition) is 0. The second-order valence-electron chi connectivity index (χ2n) is 4.56. The Balaban J connectivity index is 1.73. The molecule has 0 fully saturated rings. The van der Waals surface area contributed by atoms with Crippen molar-refractivity contribution in [3.05, 3.63) is 66.5 Å². The van der Waals surface area contributed by atoms with E-state index in [2.05, 4.69) is 56.3 Å². The van der Waals surface area contributed by atoms with E-state index in [-0.39, 0.29) is 0 Å². The largest absolute Gasteiger partial charge is 0.327 e. The number of aromatic nitrogens is 2. The Labute approximate surface area is 111 Å². The lowest BCUT2D eigenvalue weighted by atomic mass is 10.2. The van der Waals surface area contributed by atoms with Gasteiger partial charge in [-0.1, -0.05) is 18.2 Å². The Kier molecular flexibility index (Phi) is 2.14. The third kappa shape index (κ3) is 1.61. The number of rotatable bonds is 1. The number of para-hydroxylation sites is 1. The van der Waals surface area contributed by atoms with E-state index in [0.717, 1.165) is 18.1 Å². The maximum atomic E-state index is 4.29. The van der Waals surface area contributed by atoms with E-state index in [9.17, 15) is 0 Å². The lowest BCUT2D eigenvalue weighted by Gasteiger charge is -2.25. The topological polar surface area (TPSA) is 32.3 Å². The van der Waals surface area contributed by atoms with Crippen LogP contribution in [-0.4, -0.2) is 16.6 Å². The molecule has 0 aliphatic carbocycles. The molecule has 2 aromatic rings. The summed E-state index contributed by atoms with van der Waals surface area (Å²) < 4.78 is 0. The SMILES string of the molecule is C1=Cc2ncncc2N2CN(c3ccccc3)C=C12. The maximum Gasteiger partial charge on any atom is 0.116 e. The van der Waals surface area contributed by atoms with Gasteiger partial charge >= 0.3 is 0 Å². The van der Waals surface area contributed by atoms with Gasteiger partial charge in [0.1, 0.15) is 6.33 Å². The van der Waals surface area contributed by atoms with Crippen LogP contribution in [0.15, 0.2) is 60.8 Å². The summed E-state index contributed by atoms with van der Waals surface area (Å²) in [7, 11) is 0. The molecule has 0 N–H and O–H groups in total. The van der Waals surface area contributed by atoms with Crippen molar-refractivity contribution in [3.63, 3.8) is 0 Å². The number of allylic oxidation sites excluding steroid dienone is 1. The molecule has 2 aliphatic heterocycles. The third-order valence-electron chi connectivity index (χ3n) is 3.41. The van der Waals surface area contributed by atoms with Crippen molar-refractivity contribution in [1.29, 1.82) is 0 Å². The van der Waals surface area contributed by atoms with Crippen LogP contribution in [0.25, 0.3) is 6.08 Å². The molecule has 3 heterocycles. The highest BCUT2D eigenvalue weighted by molar-refractivity contribution is 5.76. The van der Waals surface area contributed by atoms with Gasteiger partial charge in [0.2, 0.25) is 0 Å². The summed E-state index contributed by atoms with van der Waals surface area (Å²) in [6.07, 6.45) is 9.74. The van der Waals surface area contributed by atoms with Crippen molar-refractivity contribution >= 4 is 17.5 Å². The fraction of sp³-hybridized carbons (Fsp3) is 0.0667. The highest BCUT2D eigenvalue weighted by Crippen LogP contribution is 2.33. The van der Waals surface area contributed by atoms with Gasteiger partial charge in [0.25, 0.3) is 0 Å². The Morgan fingerprint density at radius 1 is 1.05 bits per heavy atom. The predicted octanol–water partition coefficient (Wildman–Crippen LogP) is 2.63. The molecule has 0 saturated carbocycles. The first-order valence-corrected chi connectivity index (χ1v) is 6.21. The van der Waals surface area contributed by atoms with Gasteiger partial charge in [0.05, 0.1) is 29.9 Å². The first-order chi connectivity index (χ1) is 9.42. The molecule has 0 unspecified atom stereocenters.